The number of imidazole rings is 1. The SMILES string of the molecule is CC(C)(c1ccc(F)c(F)c1)c1cnc(SCc2c(F)cccc2Cl)n1-c1ccc(F)cc1. The first kappa shape index (κ1) is 23.4. The van der Waals surface area contributed by atoms with Crippen molar-refractivity contribution in [2.24, 2.45) is 0 Å². The molecule has 0 N–H and O–H groups in total. The van der Waals surface area contributed by atoms with Crippen molar-refractivity contribution >= 4 is 23.4 Å². The lowest BCUT2D eigenvalue weighted by molar-refractivity contribution is 0.500. The molecule has 8 heteroatoms. The number of halogens is 5. The zero-order valence-corrected chi connectivity index (χ0v) is 19.3. The van der Waals surface area contributed by atoms with Gasteiger partial charge in [-0.2, -0.15) is 0 Å². The number of thioether (sulfide) groups is 1. The number of hydrogen-bond acceptors (Lipinski definition) is 2. The van der Waals surface area contributed by atoms with Gasteiger partial charge in [0.2, 0.25) is 0 Å². The van der Waals surface area contributed by atoms with Gasteiger partial charge < -0.3 is 0 Å². The van der Waals surface area contributed by atoms with Gasteiger partial charge in [-0.05, 0) is 54.1 Å². The minimum atomic E-state index is -0.947. The molecule has 1 aromatic heterocycles. The molecule has 0 amide bonds. The van der Waals surface area contributed by atoms with E-state index in [1.54, 1.807) is 29.0 Å². The van der Waals surface area contributed by atoms with Gasteiger partial charge in [-0.15, -0.1) is 0 Å². The Morgan fingerprint density at radius 3 is 2.30 bits per heavy atom. The quantitative estimate of drug-likeness (QED) is 0.203. The molecule has 0 spiro atoms. The molecular formula is C25H19ClF4N2S. The van der Waals surface area contributed by atoms with Crippen molar-refractivity contribution in [3.63, 3.8) is 0 Å². The molecule has 0 atom stereocenters. The Kier molecular flexibility index (Phi) is 6.54. The third kappa shape index (κ3) is 4.66. The summed E-state index contributed by atoms with van der Waals surface area (Å²) in [5, 5.41) is 0.830. The highest BCUT2D eigenvalue weighted by Crippen LogP contribution is 2.37. The molecule has 4 aromatic rings. The van der Waals surface area contributed by atoms with E-state index in [4.69, 9.17) is 11.6 Å². The van der Waals surface area contributed by atoms with Gasteiger partial charge in [-0.25, -0.2) is 22.5 Å². The Balaban J connectivity index is 1.80. The van der Waals surface area contributed by atoms with E-state index in [0.29, 0.717) is 32.7 Å². The van der Waals surface area contributed by atoms with Crippen LogP contribution in [0.3, 0.4) is 0 Å². The van der Waals surface area contributed by atoms with Crippen molar-refractivity contribution in [3.8, 4) is 5.69 Å². The van der Waals surface area contributed by atoms with Crippen molar-refractivity contribution in [3.05, 3.63) is 112 Å². The molecule has 0 unspecified atom stereocenters. The fraction of sp³-hybridized carbons (Fsp3) is 0.160. The molecule has 1 heterocycles. The average molecular weight is 491 g/mol. The highest BCUT2D eigenvalue weighted by atomic mass is 35.5. The Bertz CT molecular complexity index is 1280. The Hall–Kier alpha value is -2.77. The first-order valence-electron chi connectivity index (χ1n) is 10.0. The standard InChI is InChI=1S/C25H19ClF4N2S/c1-25(2,15-6-11-21(29)22(30)12-15)23-13-31-24(32(23)17-9-7-16(27)8-10-17)33-14-18-19(26)4-3-5-20(18)28/h3-13H,14H2,1-2H3. The summed E-state index contributed by atoms with van der Waals surface area (Å²) >= 11 is 7.43. The predicted molar refractivity (Wildman–Crippen MR) is 123 cm³/mol. The molecule has 0 fully saturated rings. The molecule has 33 heavy (non-hydrogen) atoms. The molecule has 0 aliphatic heterocycles. The Morgan fingerprint density at radius 2 is 1.64 bits per heavy atom. The van der Waals surface area contributed by atoms with E-state index in [1.807, 2.05) is 13.8 Å². The van der Waals surface area contributed by atoms with E-state index in [-0.39, 0.29) is 5.75 Å². The first-order valence-corrected chi connectivity index (χ1v) is 11.4. The van der Waals surface area contributed by atoms with Crippen molar-refractivity contribution in [2.75, 3.05) is 0 Å². The summed E-state index contributed by atoms with van der Waals surface area (Å²) in [6, 6.07) is 14.1. The second-order valence-corrected chi connectivity index (χ2v) is 9.33. The minimum Gasteiger partial charge on any atom is -0.291 e. The van der Waals surface area contributed by atoms with E-state index < -0.39 is 28.7 Å². The third-order valence-corrected chi connectivity index (χ3v) is 6.84. The summed E-state index contributed by atoms with van der Waals surface area (Å²) in [5.41, 5.74) is 1.39. The molecule has 0 aliphatic rings. The molecule has 0 saturated carbocycles. The molecule has 170 valence electrons. The number of rotatable bonds is 6. The van der Waals surface area contributed by atoms with Crippen LogP contribution in [0.4, 0.5) is 17.6 Å². The fourth-order valence-corrected chi connectivity index (χ4v) is 4.89. The third-order valence-electron chi connectivity index (χ3n) is 5.50. The summed E-state index contributed by atoms with van der Waals surface area (Å²) in [6.07, 6.45) is 1.63. The summed E-state index contributed by atoms with van der Waals surface area (Å²) in [4.78, 5) is 4.52. The second-order valence-electron chi connectivity index (χ2n) is 7.98. The van der Waals surface area contributed by atoms with Crippen LogP contribution in [-0.2, 0) is 11.2 Å². The Morgan fingerprint density at radius 1 is 0.909 bits per heavy atom. The maximum atomic E-state index is 14.3. The second kappa shape index (κ2) is 9.23. The first-order chi connectivity index (χ1) is 15.7. The topological polar surface area (TPSA) is 17.8 Å². The zero-order chi connectivity index (χ0) is 23.8. The average Bonchev–Trinajstić information content (AvgIpc) is 3.20. The zero-order valence-electron chi connectivity index (χ0n) is 17.8. The smallest absolute Gasteiger partial charge is 0.173 e. The lowest BCUT2D eigenvalue weighted by Gasteiger charge is -2.27. The van der Waals surface area contributed by atoms with Crippen LogP contribution in [0, 0.1) is 23.3 Å². The van der Waals surface area contributed by atoms with E-state index in [0.717, 1.165) is 12.1 Å². The van der Waals surface area contributed by atoms with Gasteiger partial charge in [0.1, 0.15) is 11.6 Å². The van der Waals surface area contributed by atoms with Crippen molar-refractivity contribution in [2.45, 2.75) is 30.2 Å². The predicted octanol–water partition coefficient (Wildman–Crippen LogP) is 7.70. The van der Waals surface area contributed by atoms with E-state index in [2.05, 4.69) is 4.98 Å². The van der Waals surface area contributed by atoms with Crippen LogP contribution < -0.4 is 0 Å². The number of nitrogens with zero attached hydrogens (tertiary/aromatic N) is 2. The molecule has 0 radical (unpaired) electrons. The van der Waals surface area contributed by atoms with Crippen LogP contribution in [0.15, 0.2) is 72.0 Å². The molecular weight excluding hydrogens is 472 g/mol. The molecule has 0 aliphatic carbocycles. The van der Waals surface area contributed by atoms with Crippen LogP contribution in [-0.4, -0.2) is 9.55 Å². The number of benzene rings is 3. The number of hydrogen-bond donors (Lipinski definition) is 0. The van der Waals surface area contributed by atoms with Gasteiger partial charge in [0.05, 0.1) is 11.9 Å². The molecule has 0 saturated heterocycles. The Labute approximate surface area is 198 Å². The molecule has 4 rings (SSSR count). The van der Waals surface area contributed by atoms with Crippen LogP contribution in [0.1, 0.15) is 30.7 Å². The lowest BCUT2D eigenvalue weighted by atomic mass is 9.81. The van der Waals surface area contributed by atoms with Crippen LogP contribution in [0.5, 0.6) is 0 Å². The maximum absolute atomic E-state index is 14.3. The highest BCUT2D eigenvalue weighted by molar-refractivity contribution is 7.98. The van der Waals surface area contributed by atoms with Crippen molar-refractivity contribution in [1.29, 1.82) is 0 Å². The van der Waals surface area contributed by atoms with Gasteiger partial charge >= 0.3 is 0 Å². The summed E-state index contributed by atoms with van der Waals surface area (Å²) in [7, 11) is 0. The molecule has 3 aromatic carbocycles. The van der Waals surface area contributed by atoms with Crippen LogP contribution >= 0.6 is 23.4 Å². The monoisotopic (exact) mass is 490 g/mol. The fourth-order valence-electron chi connectivity index (χ4n) is 3.56. The van der Waals surface area contributed by atoms with Crippen molar-refractivity contribution < 1.29 is 17.6 Å². The van der Waals surface area contributed by atoms with Gasteiger partial charge in [-0.1, -0.05) is 49.3 Å². The van der Waals surface area contributed by atoms with Gasteiger partial charge in [-0.3, -0.25) is 4.57 Å². The lowest BCUT2D eigenvalue weighted by Crippen LogP contribution is -2.23. The maximum Gasteiger partial charge on any atom is 0.173 e. The summed E-state index contributed by atoms with van der Waals surface area (Å²) in [6.45, 7) is 3.72. The highest BCUT2D eigenvalue weighted by Gasteiger charge is 2.30. The minimum absolute atomic E-state index is 0.217. The largest absolute Gasteiger partial charge is 0.291 e. The van der Waals surface area contributed by atoms with Gasteiger partial charge in [0.25, 0.3) is 0 Å². The van der Waals surface area contributed by atoms with E-state index in [1.165, 1.54) is 42.1 Å². The summed E-state index contributed by atoms with van der Waals surface area (Å²) < 4.78 is 57.2. The van der Waals surface area contributed by atoms with Gasteiger partial charge in [0, 0.05) is 27.4 Å². The van der Waals surface area contributed by atoms with E-state index in [9.17, 15) is 17.6 Å². The van der Waals surface area contributed by atoms with Crippen molar-refractivity contribution in [1.82, 2.24) is 9.55 Å². The normalized spacial score (nSPS) is 11.7. The van der Waals surface area contributed by atoms with Crippen LogP contribution in [0.2, 0.25) is 5.02 Å². The number of aromatic nitrogens is 2. The molecule has 2 nitrogen and oxygen atoms in total. The van der Waals surface area contributed by atoms with E-state index >= 15 is 0 Å². The van der Waals surface area contributed by atoms with Gasteiger partial charge in [0.15, 0.2) is 16.8 Å². The van der Waals surface area contributed by atoms with Crippen LogP contribution in [0.25, 0.3) is 5.69 Å². The molecule has 0 bridgehead atoms. The summed E-state index contributed by atoms with van der Waals surface area (Å²) in [5.74, 6) is -2.48.